The zero-order chi connectivity index (χ0) is 18.1. The van der Waals surface area contributed by atoms with E-state index in [1.54, 1.807) is 11.8 Å². The Hall–Kier alpha value is -2.48. The molecule has 1 unspecified atom stereocenters. The molecule has 4 rings (SSSR count). The van der Waals surface area contributed by atoms with Crippen molar-refractivity contribution in [3.05, 3.63) is 23.9 Å². The smallest absolute Gasteiger partial charge is 0.231 e. The Morgan fingerprint density at radius 1 is 1.38 bits per heavy atom. The van der Waals surface area contributed by atoms with E-state index in [-0.39, 0.29) is 18.7 Å². The highest BCUT2D eigenvalue weighted by Crippen LogP contribution is 2.38. The molecule has 0 fully saturated rings. The van der Waals surface area contributed by atoms with Crippen LogP contribution in [0.2, 0.25) is 0 Å². The normalized spacial score (nSPS) is 18.1. The van der Waals surface area contributed by atoms with E-state index in [0.717, 1.165) is 39.9 Å². The van der Waals surface area contributed by atoms with Crippen LogP contribution in [0.5, 0.6) is 11.5 Å². The van der Waals surface area contributed by atoms with E-state index in [1.807, 2.05) is 25.1 Å². The van der Waals surface area contributed by atoms with Gasteiger partial charge >= 0.3 is 0 Å². The predicted molar refractivity (Wildman–Crippen MR) is 102 cm³/mol. The van der Waals surface area contributed by atoms with Crippen LogP contribution in [-0.4, -0.2) is 39.5 Å². The van der Waals surface area contributed by atoms with Gasteiger partial charge < -0.3 is 14.5 Å². The van der Waals surface area contributed by atoms with Crippen molar-refractivity contribution >= 4 is 28.7 Å². The van der Waals surface area contributed by atoms with Crippen molar-refractivity contribution in [1.82, 2.24) is 9.97 Å². The first kappa shape index (κ1) is 17.0. The van der Waals surface area contributed by atoms with Crippen molar-refractivity contribution in [2.75, 3.05) is 17.9 Å². The fourth-order valence-corrected chi connectivity index (χ4v) is 3.89. The predicted octanol–water partition coefficient (Wildman–Crippen LogP) is 3.43. The Morgan fingerprint density at radius 2 is 2.23 bits per heavy atom. The number of aromatic nitrogens is 2. The van der Waals surface area contributed by atoms with E-state index < -0.39 is 0 Å². The van der Waals surface area contributed by atoms with Crippen molar-refractivity contribution in [3.63, 3.8) is 0 Å². The van der Waals surface area contributed by atoms with E-state index >= 15 is 0 Å². The number of H-pyrrole nitrogens is 1. The standard InChI is InChI=1S/C18H20N4O3S/c1-3-4-14(23)20-18-21-15(16(22-18)17-19-10(2)8-26-17)11-5-6-12-13(7-11)25-9-24-12/h5-7,10H,3-4,8-9H2,1-2H3,(H2,20,21,22,23). The number of aliphatic imine (C=N–C) groups is 1. The number of carbonyl (C=O) groups is 1. The summed E-state index contributed by atoms with van der Waals surface area (Å²) in [5.74, 6) is 2.74. The first-order valence-corrected chi connectivity index (χ1v) is 9.63. The first-order chi connectivity index (χ1) is 12.6. The van der Waals surface area contributed by atoms with Gasteiger partial charge in [0.2, 0.25) is 18.6 Å². The lowest BCUT2D eigenvalue weighted by atomic mass is 10.1. The number of nitrogens with zero attached hydrogens (tertiary/aromatic N) is 2. The third-order valence-corrected chi connectivity index (χ3v) is 5.33. The molecule has 0 saturated heterocycles. The minimum absolute atomic E-state index is 0.0561. The molecular weight excluding hydrogens is 352 g/mol. The lowest BCUT2D eigenvalue weighted by Gasteiger charge is -2.03. The highest BCUT2D eigenvalue weighted by Gasteiger charge is 2.24. The van der Waals surface area contributed by atoms with Gasteiger partial charge in [-0.3, -0.25) is 15.1 Å². The molecule has 3 heterocycles. The van der Waals surface area contributed by atoms with Gasteiger partial charge in [-0.1, -0.05) is 6.92 Å². The Labute approximate surface area is 155 Å². The monoisotopic (exact) mass is 372 g/mol. The molecule has 0 aliphatic carbocycles. The summed E-state index contributed by atoms with van der Waals surface area (Å²) in [7, 11) is 0. The van der Waals surface area contributed by atoms with Gasteiger partial charge in [-0.15, -0.1) is 11.8 Å². The number of fused-ring (bicyclic) bond motifs is 1. The van der Waals surface area contributed by atoms with Crippen LogP contribution in [-0.2, 0) is 4.79 Å². The van der Waals surface area contributed by atoms with Crippen LogP contribution < -0.4 is 14.8 Å². The van der Waals surface area contributed by atoms with Gasteiger partial charge in [-0.2, -0.15) is 0 Å². The van der Waals surface area contributed by atoms with Gasteiger partial charge in [0.25, 0.3) is 0 Å². The summed E-state index contributed by atoms with van der Waals surface area (Å²) >= 11 is 1.69. The number of imidazole rings is 1. The molecule has 0 radical (unpaired) electrons. The fraction of sp³-hybridized carbons (Fsp3) is 0.389. The zero-order valence-electron chi connectivity index (χ0n) is 14.7. The maximum Gasteiger partial charge on any atom is 0.231 e. The largest absolute Gasteiger partial charge is 0.454 e. The van der Waals surface area contributed by atoms with Gasteiger partial charge in [0.15, 0.2) is 11.5 Å². The number of hydrogen-bond donors (Lipinski definition) is 2. The Kier molecular flexibility index (Phi) is 4.58. The number of ether oxygens (including phenoxy) is 2. The van der Waals surface area contributed by atoms with Crippen molar-refractivity contribution in [1.29, 1.82) is 0 Å². The summed E-state index contributed by atoms with van der Waals surface area (Å²) in [5, 5.41) is 3.75. The van der Waals surface area contributed by atoms with Crippen LogP contribution in [0.1, 0.15) is 32.4 Å². The van der Waals surface area contributed by atoms with Gasteiger partial charge in [-0.05, 0) is 31.5 Å². The lowest BCUT2D eigenvalue weighted by Crippen LogP contribution is -2.11. The van der Waals surface area contributed by atoms with Gasteiger partial charge in [0.05, 0.1) is 11.7 Å². The third-order valence-electron chi connectivity index (χ3n) is 4.10. The molecule has 1 atom stereocenters. The number of carbonyl (C=O) groups excluding carboxylic acids is 1. The van der Waals surface area contributed by atoms with Crippen LogP contribution in [0, 0.1) is 0 Å². The van der Waals surface area contributed by atoms with Crippen molar-refractivity contribution in [2.45, 2.75) is 32.7 Å². The Bertz CT molecular complexity index is 877. The van der Waals surface area contributed by atoms with Crippen LogP contribution in [0.15, 0.2) is 23.2 Å². The molecule has 2 N–H and O–H groups in total. The highest BCUT2D eigenvalue weighted by atomic mass is 32.2. The number of nitrogens with one attached hydrogen (secondary N) is 2. The molecule has 7 nitrogen and oxygen atoms in total. The van der Waals surface area contributed by atoms with Crippen LogP contribution in [0.25, 0.3) is 11.3 Å². The highest BCUT2D eigenvalue weighted by molar-refractivity contribution is 8.14. The number of amides is 1. The van der Waals surface area contributed by atoms with Crippen LogP contribution in [0.4, 0.5) is 5.95 Å². The second-order valence-electron chi connectivity index (χ2n) is 6.27. The van der Waals surface area contributed by atoms with Crippen LogP contribution >= 0.6 is 11.8 Å². The van der Waals surface area contributed by atoms with E-state index in [4.69, 9.17) is 9.47 Å². The minimum Gasteiger partial charge on any atom is -0.454 e. The molecule has 2 aliphatic rings. The fourth-order valence-electron chi connectivity index (χ4n) is 2.87. The molecule has 2 aromatic rings. The molecule has 0 bridgehead atoms. The third kappa shape index (κ3) is 3.29. The minimum atomic E-state index is -0.0561. The lowest BCUT2D eigenvalue weighted by molar-refractivity contribution is -0.116. The van der Waals surface area contributed by atoms with Gasteiger partial charge in [0, 0.05) is 17.7 Å². The summed E-state index contributed by atoms with van der Waals surface area (Å²) in [6.07, 6.45) is 1.25. The summed E-state index contributed by atoms with van der Waals surface area (Å²) in [6, 6.07) is 5.98. The molecular formula is C18H20N4O3S. The van der Waals surface area contributed by atoms with Gasteiger partial charge in [-0.25, -0.2) is 4.98 Å². The van der Waals surface area contributed by atoms with Crippen molar-refractivity contribution in [3.8, 4) is 22.8 Å². The zero-order valence-corrected chi connectivity index (χ0v) is 15.5. The summed E-state index contributed by atoms with van der Waals surface area (Å²) in [6.45, 7) is 4.28. The SMILES string of the molecule is CCCC(=O)Nc1nc(-c2ccc3c(c2)OCO3)c(C2=NC(C)CS2)[nH]1. The summed E-state index contributed by atoms with van der Waals surface area (Å²) in [4.78, 5) is 24.5. The van der Waals surface area contributed by atoms with E-state index in [2.05, 4.69) is 27.2 Å². The second-order valence-corrected chi connectivity index (χ2v) is 7.28. The second kappa shape index (κ2) is 7.03. The molecule has 8 heteroatoms. The quantitative estimate of drug-likeness (QED) is 0.839. The first-order valence-electron chi connectivity index (χ1n) is 8.65. The maximum absolute atomic E-state index is 12.0. The van der Waals surface area contributed by atoms with Crippen molar-refractivity contribution in [2.24, 2.45) is 4.99 Å². The van der Waals surface area contributed by atoms with E-state index in [9.17, 15) is 4.79 Å². The number of anilines is 1. The summed E-state index contributed by atoms with van der Waals surface area (Å²) < 4.78 is 10.9. The van der Waals surface area contributed by atoms with Gasteiger partial charge in [0.1, 0.15) is 10.7 Å². The molecule has 0 spiro atoms. The average molecular weight is 372 g/mol. The molecule has 1 amide bonds. The van der Waals surface area contributed by atoms with E-state index in [1.165, 1.54) is 0 Å². The number of rotatable bonds is 5. The number of aromatic amines is 1. The van der Waals surface area contributed by atoms with Crippen molar-refractivity contribution < 1.29 is 14.3 Å². The maximum atomic E-state index is 12.0. The van der Waals surface area contributed by atoms with Crippen LogP contribution in [0.3, 0.4) is 0 Å². The molecule has 1 aromatic heterocycles. The van der Waals surface area contributed by atoms with E-state index in [0.29, 0.717) is 18.1 Å². The number of benzene rings is 1. The average Bonchev–Trinajstić information content (AvgIpc) is 3.33. The molecule has 136 valence electrons. The number of thioether (sulfide) groups is 1. The molecule has 26 heavy (non-hydrogen) atoms. The molecule has 2 aliphatic heterocycles. The molecule has 1 aromatic carbocycles. The summed E-state index contributed by atoms with van der Waals surface area (Å²) in [5.41, 5.74) is 2.46. The Morgan fingerprint density at radius 3 is 3.00 bits per heavy atom. The molecule has 0 saturated carbocycles. The number of hydrogen-bond acceptors (Lipinski definition) is 6. The topological polar surface area (TPSA) is 88.6 Å². The Balaban J connectivity index is 1.73.